The Balaban J connectivity index is 3.08. The summed E-state index contributed by atoms with van der Waals surface area (Å²) in [6.07, 6.45) is -0.848. The van der Waals surface area contributed by atoms with Crippen molar-refractivity contribution in [2.75, 3.05) is 0 Å². The Labute approximate surface area is 129 Å². The smallest absolute Gasteiger partial charge is 0.192 e. The molecule has 0 aromatic rings. The molecule has 1 saturated heterocycles. The molecule has 2 atom stereocenters. The molecule has 0 N–H and O–H groups in total. The third kappa shape index (κ3) is 4.30. The molecule has 1 heterocycles. The van der Waals surface area contributed by atoms with E-state index >= 15 is 0 Å². The number of hydrogen-bond donors (Lipinski definition) is 0. The van der Waals surface area contributed by atoms with Gasteiger partial charge in [0.25, 0.3) is 0 Å². The maximum atomic E-state index is 7.68. The van der Waals surface area contributed by atoms with Crippen LogP contribution in [0.25, 0.3) is 0 Å². The summed E-state index contributed by atoms with van der Waals surface area (Å²) in [4.78, 5) is 0. The van der Waals surface area contributed by atoms with Crippen LogP contribution >= 0.6 is 0 Å². The van der Waals surface area contributed by atoms with E-state index in [2.05, 4.69) is 33.9 Å². The topological polar surface area (TPSA) is 21.8 Å². The Morgan fingerprint density at radius 3 is 2.05 bits per heavy atom. The van der Waals surface area contributed by atoms with Gasteiger partial charge in [-0.25, -0.2) is 0 Å². The number of rotatable bonds is 4. The zero-order valence-corrected chi connectivity index (χ0v) is 14.7. The van der Waals surface area contributed by atoms with Crippen LogP contribution in [-0.2, 0) is 9.16 Å². The molecule has 2 nitrogen and oxygen atoms in total. The van der Waals surface area contributed by atoms with Gasteiger partial charge in [0.05, 0.1) is 17.8 Å². The Bertz CT molecular complexity index is 471. The van der Waals surface area contributed by atoms with Crippen molar-refractivity contribution in [3.05, 3.63) is 0 Å². The lowest BCUT2D eigenvalue weighted by Crippen LogP contribution is -2.47. The predicted molar refractivity (Wildman–Crippen MR) is 85.1 cm³/mol. The van der Waals surface area contributed by atoms with Crippen molar-refractivity contribution >= 4 is 8.32 Å². The third-order valence-corrected chi connectivity index (χ3v) is 8.85. The first-order valence-corrected chi connectivity index (χ1v) is 9.93. The minimum atomic E-state index is -2.69. The molecule has 0 radical (unpaired) electrons. The van der Waals surface area contributed by atoms with Gasteiger partial charge in [0.15, 0.2) is 8.32 Å². The van der Waals surface area contributed by atoms with E-state index < -0.39 is 33.7 Å². The lowest BCUT2D eigenvalue weighted by molar-refractivity contribution is 0.0586. The molecule has 0 saturated carbocycles. The average Bonchev–Trinajstić information content (AvgIpc) is 2.99. The Morgan fingerprint density at radius 2 is 1.74 bits per heavy atom. The van der Waals surface area contributed by atoms with Crippen molar-refractivity contribution in [2.45, 2.75) is 97.6 Å². The first-order chi connectivity index (χ1) is 10.7. The minimum Gasteiger partial charge on any atom is -0.413 e. The maximum absolute atomic E-state index is 7.68. The van der Waals surface area contributed by atoms with Crippen molar-refractivity contribution in [2.24, 2.45) is 5.41 Å². The van der Waals surface area contributed by atoms with Gasteiger partial charge in [0.2, 0.25) is 0 Å². The molecule has 0 aromatic heterocycles. The number of epoxide rings is 1. The fourth-order valence-corrected chi connectivity index (χ4v) is 3.22. The van der Waals surface area contributed by atoms with Gasteiger partial charge in [0, 0.05) is 14.6 Å². The largest absolute Gasteiger partial charge is 0.413 e. The molecular weight excluding hydrogens is 252 g/mol. The summed E-state index contributed by atoms with van der Waals surface area (Å²) in [7, 11) is -2.09. The van der Waals surface area contributed by atoms with E-state index in [-0.39, 0.29) is 23.0 Å². The lowest BCUT2D eigenvalue weighted by atomic mass is 9.85. The van der Waals surface area contributed by atoms with Crippen molar-refractivity contribution in [3.8, 4) is 0 Å². The Kier molecular flexibility index (Phi) is 2.54. The summed E-state index contributed by atoms with van der Waals surface area (Å²) in [5.74, 6) is 0. The second-order valence-electron chi connectivity index (χ2n) is 8.31. The number of ether oxygens (including phenoxy) is 1. The van der Waals surface area contributed by atoms with Crippen LogP contribution in [0.3, 0.4) is 0 Å². The maximum Gasteiger partial charge on any atom is 0.192 e. The summed E-state index contributed by atoms with van der Waals surface area (Å²) >= 11 is 0. The molecule has 1 aliphatic heterocycles. The monoisotopic (exact) mass is 292 g/mol. The predicted octanol–water partition coefficient (Wildman–Crippen LogP) is 4.99. The van der Waals surface area contributed by atoms with Crippen molar-refractivity contribution in [1.29, 1.82) is 0 Å². The standard InChI is InChI=1S/C16H34O2Si/c1-14(2,3)12(11-13-16(7,8)17-13)18-19(9,10)15(4,5)6/h12-13H,11H2,1-10H3/t12-,13-/m0/s1/i7D3,8D3. The molecule has 0 spiro atoms. The Morgan fingerprint density at radius 1 is 1.21 bits per heavy atom. The highest BCUT2D eigenvalue weighted by Crippen LogP contribution is 2.45. The van der Waals surface area contributed by atoms with Gasteiger partial charge in [-0.3, -0.25) is 0 Å². The van der Waals surface area contributed by atoms with E-state index in [1.54, 1.807) is 0 Å². The van der Waals surface area contributed by atoms with Crippen molar-refractivity contribution in [3.63, 3.8) is 0 Å². The summed E-state index contributed by atoms with van der Waals surface area (Å²) < 4.78 is 58.0. The molecule has 0 amide bonds. The third-order valence-electron chi connectivity index (χ3n) is 4.36. The van der Waals surface area contributed by atoms with Crippen LogP contribution in [0.2, 0.25) is 18.1 Å². The van der Waals surface area contributed by atoms with Crippen LogP contribution in [0.1, 0.15) is 69.9 Å². The van der Waals surface area contributed by atoms with Crippen LogP contribution in [0, 0.1) is 5.41 Å². The summed E-state index contributed by atoms with van der Waals surface area (Å²) in [5.41, 5.74) is -2.32. The molecule has 1 rings (SSSR count). The highest BCUT2D eigenvalue weighted by atomic mass is 28.4. The molecule has 0 unspecified atom stereocenters. The fourth-order valence-electron chi connectivity index (χ4n) is 1.71. The molecule has 0 aliphatic carbocycles. The second-order valence-corrected chi connectivity index (χ2v) is 13.1. The Hall–Kier alpha value is 0.137. The van der Waals surface area contributed by atoms with E-state index in [0.717, 1.165) is 0 Å². The van der Waals surface area contributed by atoms with E-state index in [4.69, 9.17) is 17.4 Å². The lowest BCUT2D eigenvalue weighted by Gasteiger charge is -2.43. The minimum absolute atomic E-state index is 0.00600. The first-order valence-electron chi connectivity index (χ1n) is 10.0. The first kappa shape index (κ1) is 9.96. The second kappa shape index (κ2) is 4.85. The number of hydrogen-bond acceptors (Lipinski definition) is 2. The van der Waals surface area contributed by atoms with Crippen molar-refractivity contribution < 1.29 is 17.4 Å². The SMILES string of the molecule is [2H]C([2H])([2H])C1(C([2H])([2H])[2H])O[C@H]1C[C@H](O[Si](C)(C)C(C)(C)C)C(C)(C)C. The van der Waals surface area contributed by atoms with Gasteiger partial charge in [-0.15, -0.1) is 0 Å². The van der Waals surface area contributed by atoms with Crippen LogP contribution in [0.5, 0.6) is 0 Å². The van der Waals surface area contributed by atoms with Gasteiger partial charge in [-0.1, -0.05) is 41.5 Å². The quantitative estimate of drug-likeness (QED) is 0.538. The van der Waals surface area contributed by atoms with Gasteiger partial charge < -0.3 is 9.16 Å². The van der Waals surface area contributed by atoms with Crippen LogP contribution in [-0.4, -0.2) is 26.1 Å². The molecule has 1 fully saturated rings. The van der Waals surface area contributed by atoms with E-state index in [1.165, 1.54) is 0 Å². The summed E-state index contributed by atoms with van der Waals surface area (Å²) in [6.45, 7) is 11.4. The molecule has 3 heteroatoms. The molecule has 0 bridgehead atoms. The molecule has 0 aromatic carbocycles. The van der Waals surface area contributed by atoms with Gasteiger partial charge in [0.1, 0.15) is 0 Å². The normalized spacial score (nSPS) is 31.3. The average molecular weight is 293 g/mol. The van der Waals surface area contributed by atoms with Crippen molar-refractivity contribution in [1.82, 2.24) is 0 Å². The zero-order valence-electron chi connectivity index (χ0n) is 19.7. The van der Waals surface area contributed by atoms with Crippen LogP contribution < -0.4 is 0 Å². The highest BCUT2D eigenvalue weighted by Gasteiger charge is 2.51. The fraction of sp³-hybridized carbons (Fsp3) is 1.00. The van der Waals surface area contributed by atoms with E-state index in [9.17, 15) is 0 Å². The van der Waals surface area contributed by atoms with Crippen LogP contribution in [0.4, 0.5) is 0 Å². The van der Waals surface area contributed by atoms with Gasteiger partial charge in [-0.05, 0) is 37.3 Å². The van der Waals surface area contributed by atoms with Gasteiger partial charge >= 0.3 is 0 Å². The molecule has 114 valence electrons. The van der Waals surface area contributed by atoms with E-state index in [0.29, 0.717) is 0 Å². The molecule has 19 heavy (non-hydrogen) atoms. The highest BCUT2D eigenvalue weighted by molar-refractivity contribution is 6.74. The van der Waals surface area contributed by atoms with Gasteiger partial charge in [-0.2, -0.15) is 0 Å². The summed E-state index contributed by atoms with van der Waals surface area (Å²) in [5, 5.41) is 0.00600. The van der Waals surface area contributed by atoms with Crippen LogP contribution in [0.15, 0.2) is 0 Å². The van der Waals surface area contributed by atoms with E-state index in [1.807, 2.05) is 20.8 Å². The molecule has 1 aliphatic rings. The molecular formula is C16H34O2Si. The summed E-state index contributed by atoms with van der Waals surface area (Å²) in [6, 6.07) is 0. The zero-order chi connectivity index (χ0) is 20.3.